The van der Waals surface area contributed by atoms with E-state index >= 15 is 0 Å². The molecule has 27 heavy (non-hydrogen) atoms. The minimum absolute atomic E-state index is 0.152. The van der Waals surface area contributed by atoms with Gasteiger partial charge in [-0.25, -0.2) is 13.6 Å². The summed E-state index contributed by atoms with van der Waals surface area (Å²) in [5.74, 6) is 1.69. The van der Waals surface area contributed by atoms with Crippen LogP contribution in [0.25, 0.3) is 11.1 Å². The Balaban J connectivity index is 2.17. The first-order chi connectivity index (χ1) is 12.6. The quantitative estimate of drug-likeness (QED) is 0.611. The molecule has 0 saturated carbocycles. The predicted octanol–water partition coefficient (Wildman–Crippen LogP) is 1.45. The van der Waals surface area contributed by atoms with E-state index in [-0.39, 0.29) is 10.6 Å². The molecule has 2 rings (SSSR count). The molecule has 0 aliphatic heterocycles. The highest BCUT2D eigenvalue weighted by molar-refractivity contribution is 7.98. The summed E-state index contributed by atoms with van der Waals surface area (Å²) in [5, 5.41) is 17.5. The van der Waals surface area contributed by atoms with Crippen LogP contribution in [0.4, 0.5) is 13.2 Å². The number of pyridine rings is 1. The third-order valence-electron chi connectivity index (χ3n) is 3.75. The minimum atomic E-state index is -3.30. The van der Waals surface area contributed by atoms with Crippen molar-refractivity contribution in [3.63, 3.8) is 0 Å². The molecule has 0 saturated heterocycles. The molecule has 3 unspecified atom stereocenters. The molecule has 146 valence electrons. The molecule has 1 aromatic carbocycles. The van der Waals surface area contributed by atoms with E-state index in [0.717, 1.165) is 0 Å². The van der Waals surface area contributed by atoms with Crippen molar-refractivity contribution < 1.29 is 27.3 Å². The molecule has 3 atom stereocenters. The molecule has 0 aliphatic rings. The van der Waals surface area contributed by atoms with E-state index in [1.807, 2.05) is 0 Å². The van der Waals surface area contributed by atoms with Gasteiger partial charge in [-0.1, -0.05) is 30.3 Å². The zero-order valence-corrected chi connectivity index (χ0v) is 14.8. The maximum Gasteiger partial charge on any atom is 0.315 e. The SMILES string of the molecule is C=S(N)(=O)c1ccc(-c2ccc(C(O)C(CF)NC(=O)C(F)F)cc2)cn1. The lowest BCUT2D eigenvalue weighted by atomic mass is 9.99. The third-order valence-corrected chi connectivity index (χ3v) is 4.70. The largest absolute Gasteiger partial charge is 0.386 e. The van der Waals surface area contributed by atoms with Gasteiger partial charge in [0.1, 0.15) is 17.8 Å². The highest BCUT2D eigenvalue weighted by Crippen LogP contribution is 2.24. The Morgan fingerprint density at radius 3 is 2.26 bits per heavy atom. The van der Waals surface area contributed by atoms with Gasteiger partial charge in [-0.15, -0.1) is 0 Å². The van der Waals surface area contributed by atoms with Crippen molar-refractivity contribution in [3.8, 4) is 11.1 Å². The maximum absolute atomic E-state index is 13.0. The van der Waals surface area contributed by atoms with E-state index in [9.17, 15) is 27.3 Å². The van der Waals surface area contributed by atoms with Crippen LogP contribution in [0.3, 0.4) is 0 Å². The van der Waals surface area contributed by atoms with Crippen LogP contribution in [-0.2, 0) is 14.5 Å². The highest BCUT2D eigenvalue weighted by Gasteiger charge is 2.26. The third kappa shape index (κ3) is 5.28. The van der Waals surface area contributed by atoms with Gasteiger partial charge in [0.25, 0.3) is 5.91 Å². The number of aliphatic hydroxyl groups excluding tert-OH is 1. The summed E-state index contributed by atoms with van der Waals surface area (Å²) in [6.45, 7) is -1.21. The molecule has 0 bridgehead atoms. The predicted molar refractivity (Wildman–Crippen MR) is 96.3 cm³/mol. The maximum atomic E-state index is 13.0. The number of halogens is 3. The van der Waals surface area contributed by atoms with E-state index in [1.165, 1.54) is 24.4 Å². The number of nitrogens with one attached hydrogen (secondary N) is 1. The van der Waals surface area contributed by atoms with Crippen LogP contribution in [0.1, 0.15) is 11.7 Å². The van der Waals surface area contributed by atoms with Crippen LogP contribution in [0.5, 0.6) is 0 Å². The molecular formula is C17H18F3N3O3S. The van der Waals surface area contributed by atoms with E-state index < -0.39 is 40.9 Å². The summed E-state index contributed by atoms with van der Waals surface area (Å²) in [6.07, 6.45) is -3.35. The minimum Gasteiger partial charge on any atom is -0.386 e. The number of aliphatic hydroxyl groups is 1. The van der Waals surface area contributed by atoms with Crippen LogP contribution < -0.4 is 10.5 Å². The molecule has 1 aromatic heterocycles. The summed E-state index contributed by atoms with van der Waals surface area (Å²) < 4.78 is 49.2. The number of benzene rings is 1. The molecule has 0 fully saturated rings. The fourth-order valence-corrected chi connectivity index (χ4v) is 2.84. The van der Waals surface area contributed by atoms with Crippen molar-refractivity contribution in [3.05, 3.63) is 48.2 Å². The molecule has 0 radical (unpaired) electrons. The van der Waals surface area contributed by atoms with Crippen LogP contribution in [0, 0.1) is 0 Å². The first-order valence-corrected chi connectivity index (χ1v) is 9.46. The molecule has 0 aliphatic carbocycles. The molecule has 6 nitrogen and oxygen atoms in total. The monoisotopic (exact) mass is 401 g/mol. The van der Waals surface area contributed by atoms with Crippen molar-refractivity contribution in [1.29, 1.82) is 0 Å². The summed E-state index contributed by atoms with van der Waals surface area (Å²) in [7, 11) is -2.92. The lowest BCUT2D eigenvalue weighted by Crippen LogP contribution is -2.43. The van der Waals surface area contributed by atoms with Crippen LogP contribution >= 0.6 is 0 Å². The fourth-order valence-electron chi connectivity index (χ4n) is 2.31. The Bertz CT molecular complexity index is 888. The van der Waals surface area contributed by atoms with Gasteiger partial charge >= 0.3 is 6.43 Å². The van der Waals surface area contributed by atoms with Crippen LogP contribution in [0.15, 0.2) is 47.6 Å². The topological polar surface area (TPSA) is 105 Å². The first-order valence-electron chi connectivity index (χ1n) is 7.67. The second-order valence-corrected chi connectivity index (χ2v) is 7.62. The lowest BCUT2D eigenvalue weighted by Gasteiger charge is -2.22. The Morgan fingerprint density at radius 1 is 1.22 bits per heavy atom. The smallest absolute Gasteiger partial charge is 0.315 e. The molecule has 2 aromatic rings. The number of nitrogens with zero attached hydrogens (tertiary/aromatic N) is 1. The molecule has 1 heterocycles. The van der Waals surface area contributed by atoms with E-state index in [2.05, 4.69) is 10.9 Å². The number of carbonyl (C=O) groups is 1. The summed E-state index contributed by atoms with van der Waals surface area (Å²) in [5.41, 5.74) is 1.59. The number of carbonyl (C=O) groups excluding carboxylic acids is 1. The van der Waals surface area contributed by atoms with Gasteiger partial charge in [0, 0.05) is 11.8 Å². The number of aromatic nitrogens is 1. The van der Waals surface area contributed by atoms with Crippen LogP contribution in [0.2, 0.25) is 0 Å². The Hall–Kier alpha value is -2.43. The van der Waals surface area contributed by atoms with Crippen molar-refractivity contribution >= 4 is 21.5 Å². The van der Waals surface area contributed by atoms with Crippen molar-refractivity contribution in [2.75, 3.05) is 6.67 Å². The summed E-state index contributed by atoms with van der Waals surface area (Å²) in [4.78, 5) is 15.0. The molecular weight excluding hydrogens is 383 g/mol. The fraction of sp³-hybridized carbons (Fsp3) is 0.235. The Labute approximate surface area is 154 Å². The zero-order valence-electron chi connectivity index (χ0n) is 14.0. The number of amides is 1. The number of hydrogen-bond donors (Lipinski definition) is 3. The first kappa shape index (κ1) is 20.9. The van der Waals surface area contributed by atoms with E-state index in [4.69, 9.17) is 5.14 Å². The van der Waals surface area contributed by atoms with E-state index in [1.54, 1.807) is 23.5 Å². The normalized spacial score (nSPS) is 15.8. The van der Waals surface area contributed by atoms with Gasteiger partial charge in [-0.05, 0) is 23.1 Å². The second-order valence-electron chi connectivity index (χ2n) is 5.75. The average Bonchev–Trinajstić information content (AvgIpc) is 2.64. The number of alkyl halides is 3. The van der Waals surface area contributed by atoms with Crippen molar-refractivity contribution in [1.82, 2.24) is 10.3 Å². The molecule has 4 N–H and O–H groups in total. The van der Waals surface area contributed by atoms with Gasteiger partial charge in [-0.2, -0.15) is 8.78 Å². The average molecular weight is 401 g/mol. The molecule has 0 spiro atoms. The number of nitrogens with two attached hydrogens (primary N) is 1. The molecule has 10 heteroatoms. The Kier molecular flexibility index (Phi) is 6.58. The Morgan fingerprint density at radius 2 is 1.81 bits per heavy atom. The standard InChI is InChI=1S/C17H18F3N3O3S/c1-27(21,26)14-7-6-12(9-22-14)10-2-4-11(5-3-10)15(24)13(8-18)23-17(25)16(19)20/h2-7,9,13,15-16,24H,1,8H2,(H2,21,26)(H,23,25). The zero-order chi connectivity index (χ0) is 20.2. The van der Waals surface area contributed by atoms with Gasteiger partial charge in [-0.3, -0.25) is 9.93 Å². The van der Waals surface area contributed by atoms with Crippen molar-refractivity contribution in [2.24, 2.45) is 5.14 Å². The van der Waals surface area contributed by atoms with Gasteiger partial charge in [0.2, 0.25) is 0 Å². The highest BCUT2D eigenvalue weighted by atomic mass is 32.2. The van der Waals surface area contributed by atoms with Crippen LogP contribution in [-0.4, -0.2) is 45.2 Å². The second kappa shape index (κ2) is 8.51. The summed E-state index contributed by atoms with van der Waals surface area (Å²) in [6, 6.07) is 7.77. The van der Waals surface area contributed by atoms with Crippen molar-refractivity contribution in [2.45, 2.75) is 23.6 Å². The number of hydrogen-bond acceptors (Lipinski definition) is 4. The number of rotatable bonds is 7. The lowest BCUT2D eigenvalue weighted by molar-refractivity contribution is -0.133. The van der Waals surface area contributed by atoms with Gasteiger partial charge in [0.15, 0.2) is 0 Å². The van der Waals surface area contributed by atoms with Gasteiger partial charge < -0.3 is 10.4 Å². The summed E-state index contributed by atoms with van der Waals surface area (Å²) >= 11 is 0. The van der Waals surface area contributed by atoms with E-state index in [0.29, 0.717) is 11.1 Å². The molecule has 1 amide bonds. The van der Waals surface area contributed by atoms with Gasteiger partial charge in [0.05, 0.1) is 15.7 Å².